The van der Waals surface area contributed by atoms with E-state index in [9.17, 15) is 4.39 Å². The summed E-state index contributed by atoms with van der Waals surface area (Å²) < 4.78 is 24.9. The first-order valence-electron chi connectivity index (χ1n) is 11.0. The highest BCUT2D eigenvalue weighted by Gasteiger charge is 2.34. The molecule has 1 aliphatic heterocycles. The number of nitrogens with zero attached hydrogens (tertiary/aromatic N) is 1. The van der Waals surface area contributed by atoms with Crippen molar-refractivity contribution in [1.29, 1.82) is 0 Å². The molecule has 2 fully saturated rings. The van der Waals surface area contributed by atoms with Crippen molar-refractivity contribution in [1.82, 2.24) is 4.90 Å². The summed E-state index contributed by atoms with van der Waals surface area (Å²) in [7, 11) is 1.67. The molecule has 0 radical (unpaired) electrons. The molecule has 0 amide bonds. The van der Waals surface area contributed by atoms with Crippen LogP contribution in [0.25, 0.3) is 0 Å². The van der Waals surface area contributed by atoms with E-state index in [2.05, 4.69) is 4.90 Å². The second kappa shape index (κ2) is 11.0. The van der Waals surface area contributed by atoms with E-state index in [0.717, 1.165) is 37.1 Å². The number of likely N-dealkylation sites (tertiary alicyclic amines) is 1. The van der Waals surface area contributed by atoms with Crippen LogP contribution in [0.3, 0.4) is 0 Å². The maximum absolute atomic E-state index is 13.4. The fourth-order valence-corrected chi connectivity index (χ4v) is 5.03. The van der Waals surface area contributed by atoms with Gasteiger partial charge in [-0.1, -0.05) is 31.4 Å². The molecule has 2 atom stereocenters. The second-order valence-electron chi connectivity index (χ2n) is 8.48. The summed E-state index contributed by atoms with van der Waals surface area (Å²) in [6.45, 7) is 2.87. The predicted octanol–water partition coefficient (Wildman–Crippen LogP) is 6.07. The summed E-state index contributed by atoms with van der Waals surface area (Å²) in [5.74, 6) is 2.35. The fraction of sp³-hybridized carbons (Fsp3) is 0.520. The molecule has 2 aliphatic rings. The molecule has 1 saturated heterocycles. The second-order valence-corrected chi connectivity index (χ2v) is 8.48. The van der Waals surface area contributed by atoms with Crippen LogP contribution in [0.2, 0.25) is 0 Å². The summed E-state index contributed by atoms with van der Waals surface area (Å²) in [5.41, 5.74) is 1.23. The highest BCUT2D eigenvalue weighted by molar-refractivity contribution is 5.85. The van der Waals surface area contributed by atoms with Crippen LogP contribution in [0, 0.1) is 11.7 Å². The van der Waals surface area contributed by atoms with Gasteiger partial charge in [-0.25, -0.2) is 4.39 Å². The van der Waals surface area contributed by atoms with Crippen molar-refractivity contribution in [2.45, 2.75) is 50.5 Å². The smallest absolute Gasteiger partial charge is 0.123 e. The molecule has 1 aliphatic carbocycles. The lowest BCUT2D eigenvalue weighted by atomic mass is 9.79. The highest BCUT2D eigenvalue weighted by Crippen LogP contribution is 2.36. The number of ether oxygens (including phenoxy) is 2. The molecule has 30 heavy (non-hydrogen) atoms. The van der Waals surface area contributed by atoms with E-state index >= 15 is 0 Å². The molecule has 0 N–H and O–H groups in total. The Labute approximate surface area is 186 Å². The number of methoxy groups -OCH3 is 1. The third-order valence-corrected chi connectivity index (χ3v) is 6.68. The van der Waals surface area contributed by atoms with Gasteiger partial charge in [-0.3, -0.25) is 4.90 Å². The zero-order chi connectivity index (χ0) is 20.1. The Balaban J connectivity index is 0.00000256. The molecule has 0 spiro atoms. The maximum atomic E-state index is 13.4. The normalized spacial score (nSPS) is 22.9. The number of benzene rings is 2. The molecular formula is C25H33ClFNO2. The average Bonchev–Trinajstić information content (AvgIpc) is 2.79. The number of hydrogen-bond acceptors (Lipinski definition) is 3. The van der Waals surface area contributed by atoms with Crippen LogP contribution < -0.4 is 9.47 Å². The molecule has 0 bridgehead atoms. The molecule has 1 saturated carbocycles. The first kappa shape index (κ1) is 22.9. The first-order valence-corrected chi connectivity index (χ1v) is 11.0. The van der Waals surface area contributed by atoms with Gasteiger partial charge in [0.1, 0.15) is 17.3 Å². The van der Waals surface area contributed by atoms with Crippen LogP contribution in [0.1, 0.15) is 50.0 Å². The lowest BCUT2D eigenvalue weighted by Crippen LogP contribution is -2.47. The summed E-state index contributed by atoms with van der Waals surface area (Å²) in [5, 5.41) is 0. The van der Waals surface area contributed by atoms with Crippen molar-refractivity contribution in [3.05, 3.63) is 59.9 Å². The molecule has 4 rings (SSSR count). The van der Waals surface area contributed by atoms with Crippen molar-refractivity contribution in [2.75, 3.05) is 26.8 Å². The minimum atomic E-state index is -0.167. The fourth-order valence-electron chi connectivity index (χ4n) is 5.03. The van der Waals surface area contributed by atoms with Gasteiger partial charge in [0.25, 0.3) is 0 Å². The van der Waals surface area contributed by atoms with Gasteiger partial charge >= 0.3 is 0 Å². The third-order valence-electron chi connectivity index (χ3n) is 6.68. The Hall–Kier alpha value is -1.78. The Kier molecular flexibility index (Phi) is 8.41. The summed E-state index contributed by atoms with van der Waals surface area (Å²) in [6, 6.07) is 15.6. The van der Waals surface area contributed by atoms with Crippen LogP contribution in [-0.4, -0.2) is 37.7 Å². The van der Waals surface area contributed by atoms with Crippen LogP contribution in [-0.2, 0) is 0 Å². The quantitative estimate of drug-likeness (QED) is 0.551. The molecule has 3 nitrogen and oxygen atoms in total. The molecule has 164 valence electrons. The monoisotopic (exact) mass is 433 g/mol. The number of rotatable bonds is 6. The van der Waals surface area contributed by atoms with E-state index in [1.807, 2.05) is 36.4 Å². The molecule has 2 aromatic carbocycles. The number of hydrogen-bond donors (Lipinski definition) is 0. The van der Waals surface area contributed by atoms with Gasteiger partial charge in [0.05, 0.1) is 13.7 Å². The SMILES string of the molecule is COc1ccc(OCC2CN(C3CCCCC3)CCC2c2ccc(F)cc2)cc1.Cl. The molecular weight excluding hydrogens is 401 g/mol. The van der Waals surface area contributed by atoms with Crippen molar-refractivity contribution in [3.63, 3.8) is 0 Å². The van der Waals surface area contributed by atoms with Gasteiger partial charge in [-0.15, -0.1) is 12.4 Å². The first-order chi connectivity index (χ1) is 14.2. The topological polar surface area (TPSA) is 21.7 Å². The highest BCUT2D eigenvalue weighted by atomic mass is 35.5. The molecule has 5 heteroatoms. The van der Waals surface area contributed by atoms with E-state index in [0.29, 0.717) is 18.4 Å². The largest absolute Gasteiger partial charge is 0.497 e. The maximum Gasteiger partial charge on any atom is 0.123 e. The van der Waals surface area contributed by atoms with Crippen molar-refractivity contribution < 1.29 is 13.9 Å². The molecule has 1 heterocycles. The van der Waals surface area contributed by atoms with E-state index in [1.54, 1.807) is 19.2 Å². The van der Waals surface area contributed by atoms with Crippen LogP contribution in [0.4, 0.5) is 4.39 Å². The zero-order valence-corrected chi connectivity index (χ0v) is 18.6. The van der Waals surface area contributed by atoms with E-state index in [-0.39, 0.29) is 18.2 Å². The lowest BCUT2D eigenvalue weighted by Gasteiger charge is -2.43. The summed E-state index contributed by atoms with van der Waals surface area (Å²) >= 11 is 0. The van der Waals surface area contributed by atoms with Crippen molar-refractivity contribution in [2.24, 2.45) is 5.92 Å². The molecule has 0 aromatic heterocycles. The lowest BCUT2D eigenvalue weighted by molar-refractivity contribution is 0.0639. The van der Waals surface area contributed by atoms with Gasteiger partial charge in [0, 0.05) is 18.5 Å². The van der Waals surface area contributed by atoms with Gasteiger partial charge in [0.15, 0.2) is 0 Å². The predicted molar refractivity (Wildman–Crippen MR) is 121 cm³/mol. The minimum absolute atomic E-state index is 0. The summed E-state index contributed by atoms with van der Waals surface area (Å²) in [4.78, 5) is 2.70. The van der Waals surface area contributed by atoms with E-state index in [1.165, 1.54) is 37.7 Å². The minimum Gasteiger partial charge on any atom is -0.497 e. The third kappa shape index (κ3) is 5.67. The molecule has 2 aromatic rings. The summed E-state index contributed by atoms with van der Waals surface area (Å²) in [6.07, 6.45) is 7.86. The zero-order valence-electron chi connectivity index (χ0n) is 17.8. The van der Waals surface area contributed by atoms with Crippen LogP contribution in [0.15, 0.2) is 48.5 Å². The van der Waals surface area contributed by atoms with Crippen molar-refractivity contribution >= 4 is 12.4 Å². The van der Waals surface area contributed by atoms with E-state index < -0.39 is 0 Å². The van der Waals surface area contributed by atoms with Gasteiger partial charge in [-0.2, -0.15) is 0 Å². The Morgan fingerprint density at radius 2 is 1.57 bits per heavy atom. The Bertz CT molecular complexity index is 762. The van der Waals surface area contributed by atoms with Crippen molar-refractivity contribution in [3.8, 4) is 11.5 Å². The van der Waals surface area contributed by atoms with Gasteiger partial charge in [-0.05, 0) is 73.7 Å². The Morgan fingerprint density at radius 3 is 2.23 bits per heavy atom. The van der Waals surface area contributed by atoms with Gasteiger partial charge in [0.2, 0.25) is 0 Å². The molecule has 2 unspecified atom stereocenters. The van der Waals surface area contributed by atoms with E-state index in [4.69, 9.17) is 9.47 Å². The average molecular weight is 434 g/mol. The van der Waals surface area contributed by atoms with Gasteiger partial charge < -0.3 is 9.47 Å². The Morgan fingerprint density at radius 1 is 0.900 bits per heavy atom. The standard InChI is InChI=1S/C25H32FNO2.ClH/c1-28-23-11-13-24(14-12-23)29-18-20-17-27(22-5-3-2-4-6-22)16-15-25(20)19-7-9-21(26)10-8-19;/h7-14,20,22,25H,2-6,15-18H2,1H3;1H. The number of halogens is 2. The number of piperidine rings is 1. The van der Waals surface area contributed by atoms with Crippen LogP contribution >= 0.6 is 12.4 Å². The van der Waals surface area contributed by atoms with Crippen LogP contribution in [0.5, 0.6) is 11.5 Å².